The summed E-state index contributed by atoms with van der Waals surface area (Å²) in [4.78, 5) is 12.5. The van der Waals surface area contributed by atoms with E-state index in [1.807, 2.05) is 6.07 Å². The summed E-state index contributed by atoms with van der Waals surface area (Å²) in [6, 6.07) is 40.9. The molecule has 0 atom stereocenters. The molecule has 0 fully saturated rings. The van der Waals surface area contributed by atoms with Crippen LogP contribution in [0.1, 0.15) is 114 Å². The van der Waals surface area contributed by atoms with Gasteiger partial charge in [-0.15, -0.1) is 0 Å². The zero-order chi connectivity index (χ0) is 41.0. The summed E-state index contributed by atoms with van der Waals surface area (Å²) in [5, 5.41) is 5.19. The summed E-state index contributed by atoms with van der Waals surface area (Å²) in [6.07, 6.45) is 12.9. The second-order valence-electron chi connectivity index (χ2n) is 16.3. The normalized spacial score (nSPS) is 14.3. The van der Waals surface area contributed by atoms with E-state index in [1.165, 1.54) is 33.4 Å². The number of rotatable bonds is 16. The first kappa shape index (κ1) is 40.0. The van der Waals surface area contributed by atoms with Crippen molar-refractivity contribution in [3.63, 3.8) is 0 Å². The molecule has 0 bridgehead atoms. The van der Waals surface area contributed by atoms with Gasteiger partial charge in [0, 0.05) is 40.1 Å². The largest absolute Gasteiger partial charge is 0.494 e. The molecule has 6 aromatic rings. The summed E-state index contributed by atoms with van der Waals surface area (Å²) >= 11 is 0. The first-order chi connectivity index (χ1) is 28.9. The van der Waals surface area contributed by atoms with Crippen molar-refractivity contribution in [3.8, 4) is 39.5 Å². The van der Waals surface area contributed by atoms with Gasteiger partial charge in [0.1, 0.15) is 17.2 Å². The van der Waals surface area contributed by atoms with Crippen LogP contribution >= 0.6 is 0 Å². The molecule has 1 heterocycles. The Bertz CT molecular complexity index is 2410. The third-order valence-electron chi connectivity index (χ3n) is 12.2. The highest BCUT2D eigenvalue weighted by molar-refractivity contribution is 6.10. The molecular formula is C54H57NO4. The van der Waals surface area contributed by atoms with Crippen LogP contribution in [0.25, 0.3) is 39.1 Å². The Labute approximate surface area is 350 Å². The number of hydrogen-bond donors (Lipinski definition) is 1. The number of unbranched alkanes of at least 4 members (excludes halogenated alkanes) is 2. The fourth-order valence-electron chi connectivity index (χ4n) is 9.54. The molecule has 0 aromatic heterocycles. The van der Waals surface area contributed by atoms with Crippen LogP contribution < -0.4 is 19.5 Å². The maximum Gasteiger partial charge on any atom is 0.221 e. The van der Waals surface area contributed by atoms with Gasteiger partial charge in [0.05, 0.1) is 13.2 Å². The lowest BCUT2D eigenvalue weighted by Crippen LogP contribution is -2.35. The topological polar surface area (TPSA) is 56.8 Å². The molecule has 0 spiro atoms. The smallest absolute Gasteiger partial charge is 0.221 e. The highest BCUT2D eigenvalue weighted by atomic mass is 16.5. The second kappa shape index (κ2) is 17.2. The number of anilines is 1. The van der Waals surface area contributed by atoms with Crippen LogP contribution in [0.2, 0.25) is 0 Å². The number of fused-ring (bicyclic) bond motifs is 8. The van der Waals surface area contributed by atoms with Crippen molar-refractivity contribution < 1.29 is 19.0 Å². The molecule has 1 aliphatic heterocycles. The molecule has 5 nitrogen and oxygen atoms in total. The van der Waals surface area contributed by atoms with Crippen molar-refractivity contribution in [2.24, 2.45) is 0 Å². The van der Waals surface area contributed by atoms with Gasteiger partial charge >= 0.3 is 0 Å². The van der Waals surface area contributed by atoms with Gasteiger partial charge in [-0.2, -0.15) is 0 Å². The van der Waals surface area contributed by atoms with Gasteiger partial charge in [0.2, 0.25) is 5.91 Å². The molecule has 1 N–H and O–H groups in total. The molecular weight excluding hydrogens is 727 g/mol. The van der Waals surface area contributed by atoms with Crippen molar-refractivity contribution >= 4 is 28.4 Å². The minimum absolute atomic E-state index is 0.0967. The van der Waals surface area contributed by atoms with Crippen LogP contribution in [0, 0.1) is 0 Å². The predicted molar refractivity (Wildman–Crippen MR) is 244 cm³/mol. The average molecular weight is 784 g/mol. The molecule has 302 valence electrons. The Hall–Kier alpha value is -5.81. The average Bonchev–Trinajstić information content (AvgIpc) is 3.53. The standard InChI is InChI=1S/C54H57NO4/c1-6-10-33-57-43-23-18-40(19-24-43)54(41-20-25-44(26-21-41)58-34-11-7-2)32-29-47-51-50(48-36-42(55-37(5)56)22-28-45(48)52(47)59-54)46-27-17-39(38-15-13-12-14-16-38)35-49(46)53(51,30-8-3)31-9-4/h12-29,32,35-36H,6-11,30-31,33-34H2,1-5H3,(H,55,56). The summed E-state index contributed by atoms with van der Waals surface area (Å²) in [7, 11) is 0. The zero-order valence-electron chi connectivity index (χ0n) is 35.3. The molecule has 8 rings (SSSR count). The van der Waals surface area contributed by atoms with Gasteiger partial charge in [0.15, 0.2) is 5.60 Å². The van der Waals surface area contributed by atoms with Crippen LogP contribution in [0.15, 0.2) is 121 Å². The van der Waals surface area contributed by atoms with E-state index in [1.54, 1.807) is 6.92 Å². The minimum Gasteiger partial charge on any atom is -0.494 e. The third kappa shape index (κ3) is 7.41. The lowest BCUT2D eigenvalue weighted by Gasteiger charge is -2.40. The fourth-order valence-corrected chi connectivity index (χ4v) is 9.54. The molecule has 0 saturated heterocycles. The van der Waals surface area contributed by atoms with Gasteiger partial charge in [-0.25, -0.2) is 0 Å². The molecule has 1 amide bonds. The molecule has 0 saturated carbocycles. The van der Waals surface area contributed by atoms with E-state index in [0.29, 0.717) is 13.2 Å². The molecule has 1 aliphatic carbocycles. The Morgan fingerprint density at radius 1 is 0.661 bits per heavy atom. The predicted octanol–water partition coefficient (Wildman–Crippen LogP) is 14.0. The number of carbonyl (C=O) groups is 1. The van der Waals surface area contributed by atoms with E-state index in [4.69, 9.17) is 14.2 Å². The van der Waals surface area contributed by atoms with Crippen LogP contribution in [-0.2, 0) is 15.8 Å². The van der Waals surface area contributed by atoms with Crippen LogP contribution in [-0.4, -0.2) is 19.1 Å². The Balaban J connectivity index is 1.37. The highest BCUT2D eigenvalue weighted by Crippen LogP contribution is 2.61. The first-order valence-electron chi connectivity index (χ1n) is 21.8. The maximum absolute atomic E-state index is 12.5. The maximum atomic E-state index is 12.5. The highest BCUT2D eigenvalue weighted by Gasteiger charge is 2.48. The van der Waals surface area contributed by atoms with Crippen molar-refractivity contribution in [1.29, 1.82) is 0 Å². The van der Waals surface area contributed by atoms with E-state index < -0.39 is 5.60 Å². The Morgan fingerprint density at radius 2 is 1.29 bits per heavy atom. The Morgan fingerprint density at radius 3 is 1.86 bits per heavy atom. The molecule has 59 heavy (non-hydrogen) atoms. The number of ether oxygens (including phenoxy) is 3. The summed E-state index contributed by atoms with van der Waals surface area (Å²) in [5.74, 6) is 2.46. The quantitative estimate of drug-likeness (QED) is 0.0993. The molecule has 0 unspecified atom stereocenters. The summed E-state index contributed by atoms with van der Waals surface area (Å²) in [5.41, 5.74) is 10.4. The summed E-state index contributed by atoms with van der Waals surface area (Å²) < 4.78 is 20.0. The molecule has 5 heteroatoms. The van der Waals surface area contributed by atoms with E-state index in [0.717, 1.165) is 102 Å². The molecule has 2 aliphatic rings. The molecule has 0 radical (unpaired) electrons. The SMILES string of the molecule is CCCCOc1ccc(C2(c3ccc(OCCCC)cc3)C=Cc3c4c(c5cc(NC(C)=O)ccc5c3O2)-c2ccc(-c3ccccc3)cc2C4(CCC)CCC)cc1. The van der Waals surface area contributed by atoms with Gasteiger partial charge in [0.25, 0.3) is 0 Å². The number of hydrogen-bond acceptors (Lipinski definition) is 4. The second-order valence-corrected chi connectivity index (χ2v) is 16.3. The Kier molecular flexibility index (Phi) is 11.7. The van der Waals surface area contributed by atoms with Gasteiger partial charge in [-0.3, -0.25) is 4.79 Å². The van der Waals surface area contributed by atoms with Crippen LogP contribution in [0.4, 0.5) is 5.69 Å². The molecule has 6 aromatic carbocycles. The van der Waals surface area contributed by atoms with Crippen LogP contribution in [0.5, 0.6) is 17.2 Å². The van der Waals surface area contributed by atoms with Crippen LogP contribution in [0.3, 0.4) is 0 Å². The van der Waals surface area contributed by atoms with Crippen molar-refractivity contribution in [1.82, 2.24) is 0 Å². The zero-order valence-corrected chi connectivity index (χ0v) is 35.3. The van der Waals surface area contributed by atoms with Gasteiger partial charge in [-0.1, -0.05) is 126 Å². The van der Waals surface area contributed by atoms with E-state index in [9.17, 15) is 4.79 Å². The van der Waals surface area contributed by atoms with Gasteiger partial charge in [-0.05, 0) is 119 Å². The minimum atomic E-state index is -0.946. The number of benzene rings is 6. The van der Waals surface area contributed by atoms with E-state index in [-0.39, 0.29) is 11.3 Å². The van der Waals surface area contributed by atoms with Crippen molar-refractivity contribution in [3.05, 3.63) is 149 Å². The lowest BCUT2D eigenvalue weighted by atomic mass is 9.69. The summed E-state index contributed by atoms with van der Waals surface area (Å²) in [6.45, 7) is 11.9. The third-order valence-corrected chi connectivity index (χ3v) is 12.2. The first-order valence-corrected chi connectivity index (χ1v) is 21.8. The van der Waals surface area contributed by atoms with Crippen molar-refractivity contribution in [2.75, 3.05) is 18.5 Å². The lowest BCUT2D eigenvalue weighted by molar-refractivity contribution is -0.114. The number of amides is 1. The number of nitrogens with one attached hydrogen (secondary N) is 1. The number of carbonyl (C=O) groups excluding carboxylic acids is 1. The van der Waals surface area contributed by atoms with E-state index in [2.05, 4.69) is 154 Å². The fraction of sp³-hybridized carbons (Fsp3) is 0.315. The van der Waals surface area contributed by atoms with Crippen molar-refractivity contribution in [2.45, 2.75) is 97.0 Å². The monoisotopic (exact) mass is 783 g/mol. The van der Waals surface area contributed by atoms with E-state index >= 15 is 0 Å². The van der Waals surface area contributed by atoms with Gasteiger partial charge < -0.3 is 19.5 Å².